The number of ether oxygens (including phenoxy) is 1. The molecule has 0 aliphatic carbocycles. The first-order valence-electron chi connectivity index (χ1n) is 11.1. The normalized spacial score (nSPS) is 10.8. The summed E-state index contributed by atoms with van der Waals surface area (Å²) in [5.74, 6) is -0.330. The van der Waals surface area contributed by atoms with Crippen molar-refractivity contribution in [1.82, 2.24) is 4.57 Å². The molecular formula is C27H25N5O4. The molecule has 0 saturated heterocycles. The fourth-order valence-electron chi connectivity index (χ4n) is 4.11. The van der Waals surface area contributed by atoms with Crippen molar-refractivity contribution in [2.75, 3.05) is 0 Å². The molecule has 182 valence electrons. The first kappa shape index (κ1) is 24.2. The van der Waals surface area contributed by atoms with Gasteiger partial charge < -0.3 is 25.9 Å². The Bertz CT molecular complexity index is 1590. The summed E-state index contributed by atoms with van der Waals surface area (Å²) in [6.07, 6.45) is -0.399. The molecule has 0 unspecified atom stereocenters. The van der Waals surface area contributed by atoms with Crippen LogP contribution in [0.15, 0.2) is 71.5 Å². The van der Waals surface area contributed by atoms with E-state index in [0.717, 1.165) is 10.9 Å². The number of rotatable bonds is 8. The lowest BCUT2D eigenvalue weighted by atomic mass is 10.0. The smallest absolute Gasteiger partial charge is 0.308 e. The zero-order valence-corrected chi connectivity index (χ0v) is 19.5. The summed E-state index contributed by atoms with van der Waals surface area (Å²) in [5.41, 5.74) is 13.9. The number of nitrogens with two attached hydrogens (primary N) is 2. The highest BCUT2D eigenvalue weighted by Gasteiger charge is 2.18. The number of aliphatic carboxylic acids is 1. The molecule has 0 fully saturated rings. The van der Waals surface area contributed by atoms with E-state index in [1.54, 1.807) is 67.6 Å². The summed E-state index contributed by atoms with van der Waals surface area (Å²) in [5, 5.41) is 25.5. The van der Waals surface area contributed by atoms with Crippen LogP contribution in [0.1, 0.15) is 27.8 Å². The molecule has 0 bridgehead atoms. The number of pyridine rings is 1. The molecule has 4 rings (SSSR count). The number of hydrogen-bond acceptors (Lipinski definition) is 5. The van der Waals surface area contributed by atoms with Gasteiger partial charge in [-0.3, -0.25) is 20.4 Å². The van der Waals surface area contributed by atoms with Gasteiger partial charge in [0.15, 0.2) is 0 Å². The summed E-state index contributed by atoms with van der Waals surface area (Å²) in [4.78, 5) is 25.0. The number of carboxylic acid groups (broad SMARTS) is 1. The van der Waals surface area contributed by atoms with Crippen molar-refractivity contribution in [3.63, 3.8) is 0 Å². The Balaban J connectivity index is 1.87. The van der Waals surface area contributed by atoms with Crippen molar-refractivity contribution >= 4 is 28.5 Å². The van der Waals surface area contributed by atoms with E-state index in [9.17, 15) is 14.7 Å². The van der Waals surface area contributed by atoms with Crippen molar-refractivity contribution in [2.45, 2.75) is 19.9 Å². The molecule has 0 radical (unpaired) electrons. The van der Waals surface area contributed by atoms with Gasteiger partial charge in [-0.1, -0.05) is 30.3 Å². The number of aryl methyl sites for hydroxylation is 1. The Morgan fingerprint density at radius 2 is 1.58 bits per heavy atom. The topological polar surface area (TPSA) is 168 Å². The van der Waals surface area contributed by atoms with Gasteiger partial charge in [-0.05, 0) is 48.4 Å². The van der Waals surface area contributed by atoms with Crippen LogP contribution in [0.4, 0.5) is 0 Å². The molecule has 0 aliphatic rings. The number of fused-ring (bicyclic) bond motifs is 1. The zero-order chi connectivity index (χ0) is 26.0. The number of amidine groups is 2. The summed E-state index contributed by atoms with van der Waals surface area (Å²) in [6, 6.07) is 19.1. The molecule has 36 heavy (non-hydrogen) atoms. The quantitative estimate of drug-likeness (QED) is 0.190. The number of benzene rings is 3. The van der Waals surface area contributed by atoms with E-state index in [4.69, 9.17) is 27.0 Å². The third-order valence-corrected chi connectivity index (χ3v) is 5.91. The molecule has 3 aromatic carbocycles. The van der Waals surface area contributed by atoms with Crippen LogP contribution in [0.2, 0.25) is 0 Å². The largest absolute Gasteiger partial charge is 0.481 e. The van der Waals surface area contributed by atoms with Crippen LogP contribution in [0, 0.1) is 17.7 Å². The maximum Gasteiger partial charge on any atom is 0.308 e. The summed E-state index contributed by atoms with van der Waals surface area (Å²) in [6.45, 7) is 1.88. The van der Waals surface area contributed by atoms with E-state index >= 15 is 0 Å². The van der Waals surface area contributed by atoms with Crippen LogP contribution in [-0.2, 0) is 17.8 Å². The standard InChI is InChI=1S/C27H25N5O4/c1-15-21-9-8-20(36-19-7-3-6-18(11-19)26(30)31)12-23(21)32(27(35)22(15)13-24(33)34)14-16-4-2-5-17(10-16)25(28)29/h2-12H,13-14H2,1H3,(H3,28,29)(H3,30,31)(H,33,34). The average Bonchev–Trinajstić information content (AvgIpc) is 2.84. The van der Waals surface area contributed by atoms with Gasteiger partial charge in [-0.2, -0.15) is 0 Å². The van der Waals surface area contributed by atoms with Gasteiger partial charge in [0.1, 0.15) is 23.2 Å². The third kappa shape index (κ3) is 4.95. The number of carbonyl (C=O) groups is 1. The molecule has 9 heteroatoms. The van der Waals surface area contributed by atoms with Crippen LogP contribution < -0.4 is 21.8 Å². The van der Waals surface area contributed by atoms with Crippen molar-refractivity contribution in [1.29, 1.82) is 10.8 Å². The maximum absolute atomic E-state index is 13.5. The van der Waals surface area contributed by atoms with E-state index < -0.39 is 17.9 Å². The highest BCUT2D eigenvalue weighted by Crippen LogP contribution is 2.29. The minimum absolute atomic E-state index is 0.0813. The van der Waals surface area contributed by atoms with Crippen LogP contribution >= 0.6 is 0 Å². The van der Waals surface area contributed by atoms with Crippen molar-refractivity contribution in [2.24, 2.45) is 11.5 Å². The molecule has 4 aromatic rings. The minimum Gasteiger partial charge on any atom is -0.481 e. The van der Waals surface area contributed by atoms with E-state index in [0.29, 0.717) is 33.7 Å². The van der Waals surface area contributed by atoms with E-state index in [1.165, 1.54) is 4.57 Å². The van der Waals surface area contributed by atoms with Crippen molar-refractivity contribution < 1.29 is 14.6 Å². The fourth-order valence-corrected chi connectivity index (χ4v) is 4.11. The summed E-state index contributed by atoms with van der Waals surface area (Å²) < 4.78 is 7.51. The lowest BCUT2D eigenvalue weighted by molar-refractivity contribution is -0.136. The summed E-state index contributed by atoms with van der Waals surface area (Å²) in [7, 11) is 0. The van der Waals surface area contributed by atoms with Gasteiger partial charge >= 0.3 is 5.97 Å². The Morgan fingerprint density at radius 1 is 0.944 bits per heavy atom. The molecule has 0 amide bonds. The minimum atomic E-state index is -1.09. The predicted molar refractivity (Wildman–Crippen MR) is 138 cm³/mol. The van der Waals surface area contributed by atoms with Crippen LogP contribution in [-0.4, -0.2) is 27.3 Å². The molecule has 1 aromatic heterocycles. The van der Waals surface area contributed by atoms with E-state index in [2.05, 4.69) is 0 Å². The second kappa shape index (κ2) is 9.75. The number of hydrogen-bond donors (Lipinski definition) is 5. The van der Waals surface area contributed by atoms with Crippen LogP contribution in [0.3, 0.4) is 0 Å². The van der Waals surface area contributed by atoms with Gasteiger partial charge in [0.2, 0.25) is 0 Å². The highest BCUT2D eigenvalue weighted by atomic mass is 16.5. The fraction of sp³-hybridized carbons (Fsp3) is 0.111. The molecular weight excluding hydrogens is 458 g/mol. The van der Waals surface area contributed by atoms with E-state index in [-0.39, 0.29) is 23.8 Å². The number of aromatic nitrogens is 1. The van der Waals surface area contributed by atoms with Gasteiger partial charge in [-0.25, -0.2) is 0 Å². The molecule has 0 aliphatic heterocycles. The Morgan fingerprint density at radius 3 is 2.25 bits per heavy atom. The lowest BCUT2D eigenvalue weighted by Crippen LogP contribution is -2.27. The molecule has 0 spiro atoms. The van der Waals surface area contributed by atoms with Gasteiger partial charge in [0.05, 0.1) is 18.5 Å². The second-order valence-corrected chi connectivity index (χ2v) is 8.40. The lowest BCUT2D eigenvalue weighted by Gasteiger charge is -2.17. The number of carboxylic acids is 1. The highest BCUT2D eigenvalue weighted by molar-refractivity contribution is 5.95. The Labute approximate surface area is 206 Å². The molecule has 9 nitrogen and oxygen atoms in total. The van der Waals surface area contributed by atoms with Crippen LogP contribution in [0.5, 0.6) is 11.5 Å². The Hall–Kier alpha value is -4.92. The van der Waals surface area contributed by atoms with Gasteiger partial charge in [0, 0.05) is 28.1 Å². The van der Waals surface area contributed by atoms with Gasteiger partial charge in [-0.15, -0.1) is 0 Å². The molecule has 7 N–H and O–H groups in total. The first-order chi connectivity index (χ1) is 17.1. The first-order valence-corrected chi connectivity index (χ1v) is 11.1. The average molecular weight is 484 g/mol. The number of nitrogens with zero attached hydrogens (tertiary/aromatic N) is 1. The van der Waals surface area contributed by atoms with Gasteiger partial charge in [0.25, 0.3) is 5.56 Å². The second-order valence-electron chi connectivity index (χ2n) is 8.40. The number of nitrogens with one attached hydrogen (secondary N) is 2. The summed E-state index contributed by atoms with van der Waals surface area (Å²) >= 11 is 0. The molecule has 0 atom stereocenters. The van der Waals surface area contributed by atoms with Crippen molar-refractivity contribution in [3.8, 4) is 11.5 Å². The maximum atomic E-state index is 13.5. The third-order valence-electron chi connectivity index (χ3n) is 5.91. The van der Waals surface area contributed by atoms with Crippen molar-refractivity contribution in [3.05, 3.63) is 105 Å². The number of nitrogen functional groups attached to an aromatic ring is 2. The zero-order valence-electron chi connectivity index (χ0n) is 19.5. The van der Waals surface area contributed by atoms with Crippen LogP contribution in [0.25, 0.3) is 10.9 Å². The predicted octanol–water partition coefficient (Wildman–Crippen LogP) is 3.35. The molecule has 1 heterocycles. The monoisotopic (exact) mass is 483 g/mol. The molecule has 0 saturated carbocycles. The van der Waals surface area contributed by atoms with E-state index in [1.807, 2.05) is 6.07 Å². The Kier molecular flexibility index (Phi) is 6.56. The SMILES string of the molecule is Cc1c(CC(=O)O)c(=O)n(Cc2cccc(C(=N)N)c2)c2cc(Oc3cccc(C(=N)N)c3)ccc12.